The van der Waals surface area contributed by atoms with Gasteiger partial charge < -0.3 is 4.90 Å². The molecule has 1 aliphatic heterocycles. The lowest BCUT2D eigenvalue weighted by molar-refractivity contribution is 0.0595. The van der Waals surface area contributed by atoms with Gasteiger partial charge in [-0.05, 0) is 35.8 Å². The Kier molecular flexibility index (Phi) is 4.35. The molecule has 1 aromatic heterocycles. The largest absolute Gasteiger partial charge is 0.336 e. The third kappa shape index (κ3) is 3.09. The van der Waals surface area contributed by atoms with Gasteiger partial charge >= 0.3 is 0 Å². The quantitative estimate of drug-likeness (QED) is 0.838. The third-order valence-electron chi connectivity index (χ3n) is 3.28. The van der Waals surface area contributed by atoms with Crippen LogP contribution < -0.4 is 0 Å². The molecule has 0 aromatic carbocycles. The summed E-state index contributed by atoms with van der Waals surface area (Å²) in [5.41, 5.74) is 0.655. The van der Waals surface area contributed by atoms with Crippen molar-refractivity contribution in [3.05, 3.63) is 28.5 Å². The highest BCUT2D eigenvalue weighted by Crippen LogP contribution is 2.13. The molecule has 0 unspecified atom stereocenters. The fourth-order valence-electron chi connectivity index (χ4n) is 2.15. The van der Waals surface area contributed by atoms with Gasteiger partial charge in [0.25, 0.3) is 5.91 Å². The highest BCUT2D eigenvalue weighted by Gasteiger charge is 2.23. The van der Waals surface area contributed by atoms with Crippen molar-refractivity contribution < 1.29 is 4.79 Å². The van der Waals surface area contributed by atoms with Crippen LogP contribution in [0.5, 0.6) is 0 Å². The Bertz CT molecular complexity index is 428. The summed E-state index contributed by atoms with van der Waals surface area (Å²) in [6.07, 6.45) is 3.31. The molecule has 0 radical (unpaired) electrons. The Morgan fingerprint density at radius 3 is 2.50 bits per heavy atom. The number of hydrogen-bond acceptors (Lipinski definition) is 3. The van der Waals surface area contributed by atoms with Crippen molar-refractivity contribution in [2.75, 3.05) is 26.2 Å². The fourth-order valence-corrected chi connectivity index (χ4v) is 2.52. The zero-order chi connectivity index (χ0) is 13.1. The lowest BCUT2D eigenvalue weighted by Crippen LogP contribution is -2.50. The molecule has 0 atom stereocenters. The van der Waals surface area contributed by atoms with Crippen LogP contribution in [0.15, 0.2) is 22.9 Å². The van der Waals surface area contributed by atoms with Gasteiger partial charge in [0.1, 0.15) is 0 Å². The normalized spacial score (nSPS) is 17.2. The van der Waals surface area contributed by atoms with Crippen LogP contribution in [0.1, 0.15) is 24.2 Å². The summed E-state index contributed by atoms with van der Waals surface area (Å²) >= 11 is 3.34. The van der Waals surface area contributed by atoms with Crippen LogP contribution in [0.3, 0.4) is 0 Å². The standard InChI is InChI=1S/C13H18BrN3O/c1-10(2)16-3-5-17(6-4-16)13(18)11-7-12(14)9-15-8-11/h7-10H,3-6H2,1-2H3. The van der Waals surface area contributed by atoms with Crippen molar-refractivity contribution in [2.45, 2.75) is 19.9 Å². The molecule has 0 spiro atoms. The molecule has 0 N–H and O–H groups in total. The van der Waals surface area contributed by atoms with Crippen LogP contribution in [0.4, 0.5) is 0 Å². The Hall–Kier alpha value is -0.940. The van der Waals surface area contributed by atoms with Gasteiger partial charge in [-0.25, -0.2) is 0 Å². The first kappa shape index (κ1) is 13.5. The molecule has 4 nitrogen and oxygen atoms in total. The summed E-state index contributed by atoms with van der Waals surface area (Å²) in [6, 6.07) is 2.37. The molecule has 0 aliphatic carbocycles. The average molecular weight is 312 g/mol. The summed E-state index contributed by atoms with van der Waals surface area (Å²) < 4.78 is 0.842. The maximum Gasteiger partial charge on any atom is 0.255 e. The van der Waals surface area contributed by atoms with Crippen LogP contribution in [0.2, 0.25) is 0 Å². The molecule has 1 aliphatic rings. The molecule has 5 heteroatoms. The van der Waals surface area contributed by atoms with E-state index in [0.717, 1.165) is 30.7 Å². The molecule has 1 saturated heterocycles. The maximum absolute atomic E-state index is 12.3. The molecule has 2 heterocycles. The smallest absolute Gasteiger partial charge is 0.255 e. The second-order valence-electron chi connectivity index (χ2n) is 4.81. The zero-order valence-electron chi connectivity index (χ0n) is 10.8. The van der Waals surface area contributed by atoms with E-state index in [1.807, 2.05) is 11.0 Å². The number of carbonyl (C=O) groups is 1. The second-order valence-corrected chi connectivity index (χ2v) is 5.73. The van der Waals surface area contributed by atoms with Gasteiger partial charge in [0, 0.05) is 49.1 Å². The lowest BCUT2D eigenvalue weighted by atomic mass is 10.2. The van der Waals surface area contributed by atoms with Crippen molar-refractivity contribution in [1.29, 1.82) is 0 Å². The van der Waals surface area contributed by atoms with Gasteiger partial charge in [-0.1, -0.05) is 0 Å². The predicted octanol–water partition coefficient (Wildman–Crippen LogP) is 2.01. The summed E-state index contributed by atoms with van der Waals surface area (Å²) in [7, 11) is 0. The number of pyridine rings is 1. The summed E-state index contributed by atoms with van der Waals surface area (Å²) in [5.74, 6) is 0.0761. The van der Waals surface area contributed by atoms with E-state index in [1.165, 1.54) is 0 Å². The Balaban J connectivity index is 1.99. The van der Waals surface area contributed by atoms with E-state index in [0.29, 0.717) is 11.6 Å². The van der Waals surface area contributed by atoms with Gasteiger partial charge in [0.15, 0.2) is 0 Å². The molecule has 2 rings (SSSR count). The minimum atomic E-state index is 0.0761. The van der Waals surface area contributed by atoms with Crippen molar-refractivity contribution in [2.24, 2.45) is 0 Å². The number of aromatic nitrogens is 1. The highest BCUT2D eigenvalue weighted by molar-refractivity contribution is 9.10. The summed E-state index contributed by atoms with van der Waals surface area (Å²) in [6.45, 7) is 7.87. The minimum Gasteiger partial charge on any atom is -0.336 e. The Morgan fingerprint density at radius 2 is 1.94 bits per heavy atom. The van der Waals surface area contributed by atoms with Gasteiger partial charge in [-0.15, -0.1) is 0 Å². The average Bonchev–Trinajstić information content (AvgIpc) is 2.38. The summed E-state index contributed by atoms with van der Waals surface area (Å²) in [4.78, 5) is 20.6. The van der Waals surface area contributed by atoms with E-state index in [4.69, 9.17) is 0 Å². The molecular formula is C13H18BrN3O. The van der Waals surface area contributed by atoms with Gasteiger partial charge in [0.2, 0.25) is 0 Å². The SMILES string of the molecule is CC(C)N1CCN(C(=O)c2cncc(Br)c2)CC1. The lowest BCUT2D eigenvalue weighted by Gasteiger charge is -2.36. The van der Waals surface area contributed by atoms with Crippen molar-refractivity contribution in [3.63, 3.8) is 0 Å². The number of nitrogens with zero attached hydrogens (tertiary/aromatic N) is 3. The summed E-state index contributed by atoms with van der Waals surface area (Å²) in [5, 5.41) is 0. The molecule has 18 heavy (non-hydrogen) atoms. The van der Waals surface area contributed by atoms with Crippen molar-refractivity contribution >= 4 is 21.8 Å². The zero-order valence-corrected chi connectivity index (χ0v) is 12.4. The first-order valence-electron chi connectivity index (χ1n) is 6.22. The first-order chi connectivity index (χ1) is 8.58. The van der Waals surface area contributed by atoms with E-state index < -0.39 is 0 Å². The minimum absolute atomic E-state index is 0.0761. The van der Waals surface area contributed by atoms with Crippen LogP contribution in [0, 0.1) is 0 Å². The van der Waals surface area contributed by atoms with Crippen molar-refractivity contribution in [1.82, 2.24) is 14.8 Å². The van der Waals surface area contributed by atoms with Crippen LogP contribution in [-0.4, -0.2) is 52.9 Å². The maximum atomic E-state index is 12.3. The van der Waals surface area contributed by atoms with E-state index in [-0.39, 0.29) is 5.91 Å². The molecule has 1 amide bonds. The molecule has 1 fully saturated rings. The van der Waals surface area contributed by atoms with Crippen LogP contribution in [0.25, 0.3) is 0 Å². The fraction of sp³-hybridized carbons (Fsp3) is 0.538. The van der Waals surface area contributed by atoms with Gasteiger partial charge in [-0.3, -0.25) is 14.7 Å². The van der Waals surface area contributed by atoms with E-state index in [1.54, 1.807) is 12.4 Å². The number of rotatable bonds is 2. The van der Waals surface area contributed by atoms with Crippen molar-refractivity contribution in [3.8, 4) is 0 Å². The Labute approximate surface area is 116 Å². The number of amides is 1. The van der Waals surface area contributed by atoms with Gasteiger partial charge in [0.05, 0.1) is 5.56 Å². The van der Waals surface area contributed by atoms with Crippen LogP contribution in [-0.2, 0) is 0 Å². The highest BCUT2D eigenvalue weighted by atomic mass is 79.9. The Morgan fingerprint density at radius 1 is 1.28 bits per heavy atom. The molecule has 0 saturated carbocycles. The van der Waals surface area contributed by atoms with E-state index in [9.17, 15) is 4.79 Å². The van der Waals surface area contributed by atoms with E-state index in [2.05, 4.69) is 39.7 Å². The van der Waals surface area contributed by atoms with E-state index >= 15 is 0 Å². The predicted molar refractivity (Wildman–Crippen MR) is 74.5 cm³/mol. The number of hydrogen-bond donors (Lipinski definition) is 0. The molecular weight excluding hydrogens is 294 g/mol. The number of halogens is 1. The monoisotopic (exact) mass is 311 g/mol. The van der Waals surface area contributed by atoms with Crippen LogP contribution >= 0.6 is 15.9 Å². The topological polar surface area (TPSA) is 36.4 Å². The van der Waals surface area contributed by atoms with Gasteiger partial charge in [-0.2, -0.15) is 0 Å². The molecule has 1 aromatic rings. The third-order valence-corrected chi connectivity index (χ3v) is 3.72. The molecule has 0 bridgehead atoms. The number of carbonyl (C=O) groups excluding carboxylic acids is 1. The first-order valence-corrected chi connectivity index (χ1v) is 7.01. The second kappa shape index (κ2) is 5.80. The number of piperazine rings is 1. The molecule has 98 valence electrons.